The van der Waals surface area contributed by atoms with Gasteiger partial charge in [-0.3, -0.25) is 19.7 Å². The second kappa shape index (κ2) is 7.80. The number of alkyl halides is 3. The van der Waals surface area contributed by atoms with Gasteiger partial charge in [0.25, 0.3) is 17.5 Å². The first-order chi connectivity index (χ1) is 15.2. The van der Waals surface area contributed by atoms with E-state index in [0.29, 0.717) is 0 Å². The normalized spacial score (nSPS) is 15.7. The van der Waals surface area contributed by atoms with Crippen LogP contribution in [0, 0.1) is 10.1 Å². The van der Waals surface area contributed by atoms with Gasteiger partial charge in [-0.1, -0.05) is 24.3 Å². The minimum Gasteiger partial charge on any atom is -0.465 e. The minimum absolute atomic E-state index is 0.0242. The van der Waals surface area contributed by atoms with Crippen LogP contribution < -0.4 is 4.74 Å². The van der Waals surface area contributed by atoms with E-state index in [-0.39, 0.29) is 28.1 Å². The van der Waals surface area contributed by atoms with Crippen molar-refractivity contribution in [2.24, 2.45) is 0 Å². The largest absolute Gasteiger partial charge is 0.465 e. The SMILES string of the molecule is O=C(c1ccc([N+](=O)[O-])cc1)N1C(=O)c2ccccc2OC1c1ccc(C(F)(F)F)cc1. The van der Waals surface area contributed by atoms with Gasteiger partial charge in [-0.25, -0.2) is 4.90 Å². The Labute approximate surface area is 178 Å². The van der Waals surface area contributed by atoms with Crippen LogP contribution in [-0.2, 0) is 6.18 Å². The zero-order chi connectivity index (χ0) is 23.0. The van der Waals surface area contributed by atoms with Gasteiger partial charge in [-0.15, -0.1) is 0 Å². The smallest absolute Gasteiger partial charge is 0.416 e. The number of non-ortho nitro benzene ring substituents is 1. The molecule has 3 aromatic rings. The molecule has 32 heavy (non-hydrogen) atoms. The Morgan fingerprint density at radius 3 is 2.19 bits per heavy atom. The van der Waals surface area contributed by atoms with E-state index < -0.39 is 34.7 Å². The maximum absolute atomic E-state index is 13.2. The standard InChI is InChI=1S/C22H13F3N2O5/c23-22(24,25)15-9-5-14(6-10-15)21-26(20(29)17-3-1-2-4-18(17)32-21)19(28)13-7-11-16(12-8-13)27(30)31/h1-12,21H. The minimum atomic E-state index is -4.55. The predicted octanol–water partition coefficient (Wildman–Crippen LogP) is 4.99. The molecule has 1 heterocycles. The van der Waals surface area contributed by atoms with Gasteiger partial charge < -0.3 is 4.74 Å². The summed E-state index contributed by atoms with van der Waals surface area (Å²) in [5, 5.41) is 10.9. The number of carbonyl (C=O) groups excluding carboxylic acids is 2. The summed E-state index contributed by atoms with van der Waals surface area (Å²) in [6, 6.07) is 14.7. The molecular weight excluding hydrogens is 429 g/mol. The summed E-state index contributed by atoms with van der Waals surface area (Å²) in [5.41, 5.74) is -0.907. The number of benzene rings is 3. The molecular formula is C22H13F3N2O5. The van der Waals surface area contributed by atoms with Gasteiger partial charge in [0, 0.05) is 23.3 Å². The highest BCUT2D eigenvalue weighted by Crippen LogP contribution is 2.37. The molecule has 162 valence electrons. The van der Waals surface area contributed by atoms with Crippen LogP contribution >= 0.6 is 0 Å². The van der Waals surface area contributed by atoms with Crippen molar-refractivity contribution in [2.45, 2.75) is 12.4 Å². The van der Waals surface area contributed by atoms with Crippen LogP contribution in [0.5, 0.6) is 5.75 Å². The molecule has 0 radical (unpaired) electrons. The first-order valence-electron chi connectivity index (χ1n) is 9.22. The highest BCUT2D eigenvalue weighted by atomic mass is 19.4. The first-order valence-corrected chi connectivity index (χ1v) is 9.22. The van der Waals surface area contributed by atoms with Gasteiger partial charge in [0.05, 0.1) is 16.1 Å². The van der Waals surface area contributed by atoms with Gasteiger partial charge in [-0.05, 0) is 36.4 Å². The van der Waals surface area contributed by atoms with Crippen LogP contribution in [0.1, 0.15) is 38.1 Å². The number of para-hydroxylation sites is 1. The lowest BCUT2D eigenvalue weighted by molar-refractivity contribution is -0.384. The average molecular weight is 442 g/mol. The molecule has 0 fully saturated rings. The number of rotatable bonds is 3. The van der Waals surface area contributed by atoms with Crippen molar-refractivity contribution in [1.29, 1.82) is 0 Å². The molecule has 3 aromatic carbocycles. The Balaban J connectivity index is 1.76. The van der Waals surface area contributed by atoms with Gasteiger partial charge >= 0.3 is 6.18 Å². The summed E-state index contributed by atoms with van der Waals surface area (Å²) < 4.78 is 44.6. The monoisotopic (exact) mass is 442 g/mol. The van der Waals surface area contributed by atoms with Crippen molar-refractivity contribution >= 4 is 17.5 Å². The molecule has 0 bridgehead atoms. The second-order valence-corrected chi connectivity index (χ2v) is 6.87. The topological polar surface area (TPSA) is 89.8 Å². The van der Waals surface area contributed by atoms with E-state index in [2.05, 4.69) is 0 Å². The fourth-order valence-electron chi connectivity index (χ4n) is 3.27. The number of hydrogen-bond acceptors (Lipinski definition) is 5. The molecule has 0 saturated carbocycles. The van der Waals surface area contributed by atoms with E-state index in [1.165, 1.54) is 24.3 Å². The number of nitro groups is 1. The number of carbonyl (C=O) groups is 2. The maximum atomic E-state index is 13.2. The van der Waals surface area contributed by atoms with Crippen LogP contribution in [0.15, 0.2) is 72.8 Å². The van der Waals surface area contributed by atoms with Gasteiger partial charge in [0.1, 0.15) is 5.75 Å². The third-order valence-electron chi connectivity index (χ3n) is 4.88. The Morgan fingerprint density at radius 1 is 0.969 bits per heavy atom. The van der Waals surface area contributed by atoms with E-state index in [9.17, 15) is 32.9 Å². The van der Waals surface area contributed by atoms with Crippen molar-refractivity contribution in [3.63, 3.8) is 0 Å². The molecule has 1 unspecified atom stereocenters. The lowest BCUT2D eigenvalue weighted by Gasteiger charge is -2.35. The molecule has 0 aromatic heterocycles. The number of hydrogen-bond donors (Lipinski definition) is 0. The Morgan fingerprint density at radius 2 is 1.59 bits per heavy atom. The third-order valence-corrected chi connectivity index (χ3v) is 4.88. The van der Waals surface area contributed by atoms with E-state index in [1.54, 1.807) is 12.1 Å². The Bertz CT molecular complexity index is 1210. The maximum Gasteiger partial charge on any atom is 0.416 e. The molecule has 4 rings (SSSR count). The Hall–Kier alpha value is -4.21. The van der Waals surface area contributed by atoms with Crippen LogP contribution in [0.25, 0.3) is 0 Å². The predicted molar refractivity (Wildman–Crippen MR) is 105 cm³/mol. The summed E-state index contributed by atoms with van der Waals surface area (Å²) in [4.78, 5) is 37.4. The molecule has 10 heteroatoms. The van der Waals surface area contributed by atoms with Gasteiger partial charge in [0.2, 0.25) is 6.23 Å². The number of amides is 2. The number of nitrogens with zero attached hydrogens (tertiary/aromatic N) is 2. The molecule has 0 saturated heterocycles. The summed E-state index contributed by atoms with van der Waals surface area (Å²) in [7, 11) is 0. The van der Waals surface area contributed by atoms with Gasteiger partial charge in [-0.2, -0.15) is 13.2 Å². The van der Waals surface area contributed by atoms with Gasteiger partial charge in [0.15, 0.2) is 0 Å². The molecule has 7 nitrogen and oxygen atoms in total. The number of halogens is 3. The number of fused-ring (bicyclic) bond motifs is 1. The lowest BCUT2D eigenvalue weighted by Crippen LogP contribution is -2.45. The molecule has 0 aliphatic carbocycles. The number of imide groups is 1. The van der Waals surface area contributed by atoms with E-state index in [1.807, 2.05) is 0 Å². The molecule has 0 spiro atoms. The highest BCUT2D eigenvalue weighted by Gasteiger charge is 2.40. The van der Waals surface area contributed by atoms with Crippen LogP contribution in [0.2, 0.25) is 0 Å². The molecule has 1 aliphatic rings. The number of ether oxygens (including phenoxy) is 1. The summed E-state index contributed by atoms with van der Waals surface area (Å²) >= 11 is 0. The van der Waals surface area contributed by atoms with Crippen molar-refractivity contribution in [3.05, 3.63) is 105 Å². The molecule has 1 aliphatic heterocycles. The second-order valence-electron chi connectivity index (χ2n) is 6.87. The Kier molecular flexibility index (Phi) is 5.13. The lowest BCUT2D eigenvalue weighted by atomic mass is 10.0. The van der Waals surface area contributed by atoms with Crippen molar-refractivity contribution in [2.75, 3.05) is 0 Å². The molecule has 0 N–H and O–H groups in total. The van der Waals surface area contributed by atoms with Crippen molar-refractivity contribution in [3.8, 4) is 5.75 Å². The summed E-state index contributed by atoms with van der Waals surface area (Å²) in [6.45, 7) is 0. The van der Waals surface area contributed by atoms with Crippen molar-refractivity contribution < 1.29 is 32.4 Å². The fraction of sp³-hybridized carbons (Fsp3) is 0.0909. The van der Waals surface area contributed by atoms with E-state index in [0.717, 1.165) is 41.3 Å². The van der Waals surface area contributed by atoms with Crippen molar-refractivity contribution in [1.82, 2.24) is 4.90 Å². The molecule has 2 amide bonds. The fourth-order valence-corrected chi connectivity index (χ4v) is 3.27. The highest BCUT2D eigenvalue weighted by molar-refractivity contribution is 6.12. The van der Waals surface area contributed by atoms with Crippen LogP contribution in [0.3, 0.4) is 0 Å². The summed E-state index contributed by atoms with van der Waals surface area (Å²) in [6.07, 6.45) is -5.88. The summed E-state index contributed by atoms with van der Waals surface area (Å²) in [5.74, 6) is -1.35. The zero-order valence-electron chi connectivity index (χ0n) is 16.1. The third kappa shape index (κ3) is 3.78. The first kappa shape index (κ1) is 21.0. The van der Waals surface area contributed by atoms with E-state index >= 15 is 0 Å². The van der Waals surface area contributed by atoms with Crippen LogP contribution in [0.4, 0.5) is 18.9 Å². The number of nitro benzene ring substituents is 1. The van der Waals surface area contributed by atoms with Crippen LogP contribution in [-0.4, -0.2) is 21.6 Å². The molecule has 1 atom stereocenters. The zero-order valence-corrected chi connectivity index (χ0v) is 16.1. The quantitative estimate of drug-likeness (QED) is 0.324. The average Bonchev–Trinajstić information content (AvgIpc) is 2.78. The van der Waals surface area contributed by atoms with E-state index in [4.69, 9.17) is 4.74 Å².